The Morgan fingerprint density at radius 3 is 2.63 bits per heavy atom. The third-order valence-corrected chi connectivity index (χ3v) is 7.64. The van der Waals surface area contributed by atoms with Crippen molar-refractivity contribution in [3.63, 3.8) is 0 Å². The number of nitrogens with zero attached hydrogens (tertiary/aromatic N) is 6. The molecule has 1 saturated carbocycles. The van der Waals surface area contributed by atoms with Crippen LogP contribution in [0.4, 0.5) is 0 Å². The summed E-state index contributed by atoms with van der Waals surface area (Å²) in [6.45, 7) is 2.83. The molecule has 5 rings (SSSR count). The van der Waals surface area contributed by atoms with E-state index in [-0.39, 0.29) is 5.92 Å². The second-order valence-electron chi connectivity index (χ2n) is 7.71. The molecule has 146 valence electrons. The first-order valence-corrected chi connectivity index (χ1v) is 11.1. The van der Waals surface area contributed by atoms with E-state index in [2.05, 4.69) is 15.3 Å². The molecule has 1 atom stereocenters. The van der Waals surface area contributed by atoms with E-state index in [4.69, 9.17) is 4.74 Å². The topological polar surface area (TPSA) is 92.9 Å². The van der Waals surface area contributed by atoms with E-state index >= 15 is 0 Å². The van der Waals surface area contributed by atoms with Crippen LogP contribution in [0.25, 0.3) is 5.65 Å². The fourth-order valence-electron chi connectivity index (χ4n) is 3.89. The van der Waals surface area contributed by atoms with E-state index in [1.165, 1.54) is 0 Å². The zero-order valence-corrected chi connectivity index (χ0v) is 16.0. The second-order valence-corrected chi connectivity index (χ2v) is 9.64. The number of ether oxygens (including phenoxy) is 1. The third-order valence-electron chi connectivity index (χ3n) is 5.64. The average Bonchev–Trinajstić information content (AvgIpc) is 3.12. The maximum absolute atomic E-state index is 12.7. The summed E-state index contributed by atoms with van der Waals surface area (Å²) in [6.07, 6.45) is 5.00. The highest BCUT2D eigenvalue weighted by molar-refractivity contribution is 7.86. The number of fused-ring (bicyclic) bond motifs is 1. The largest absolute Gasteiger partial charge is 0.476 e. The summed E-state index contributed by atoms with van der Waals surface area (Å²) in [6, 6.07) is 3.66. The smallest absolute Gasteiger partial charge is 0.281 e. The molecular weight excluding hydrogens is 368 g/mol. The molecule has 3 fully saturated rings. The number of hydrogen-bond acceptors (Lipinski definition) is 6. The standard InChI is InChI=1S/C17H24N6O3S/c24-27(25,21-8-1-2-9-21)22-10-7-13(11-22)12-26-16-6-5-15-18-19-17(14-3-4-14)23(15)20-16/h5-6,13-14H,1-4,7-12H2. The molecule has 2 saturated heterocycles. The molecule has 0 bridgehead atoms. The van der Waals surface area contributed by atoms with Crippen LogP contribution < -0.4 is 4.74 Å². The predicted octanol–water partition coefficient (Wildman–Crippen LogP) is 1.04. The summed E-state index contributed by atoms with van der Waals surface area (Å²) >= 11 is 0. The first-order chi connectivity index (χ1) is 13.1. The number of hydrogen-bond donors (Lipinski definition) is 0. The lowest BCUT2D eigenvalue weighted by atomic mass is 10.1. The summed E-state index contributed by atoms with van der Waals surface area (Å²) < 4.78 is 36.2. The van der Waals surface area contributed by atoms with Gasteiger partial charge >= 0.3 is 0 Å². The van der Waals surface area contributed by atoms with Gasteiger partial charge in [0.05, 0.1) is 6.61 Å². The Morgan fingerprint density at radius 1 is 1.04 bits per heavy atom. The number of aromatic nitrogens is 4. The minimum atomic E-state index is -3.31. The van der Waals surface area contributed by atoms with E-state index in [1.54, 1.807) is 19.2 Å². The summed E-state index contributed by atoms with van der Waals surface area (Å²) in [5.41, 5.74) is 0.730. The number of rotatable bonds is 6. The van der Waals surface area contributed by atoms with Crippen molar-refractivity contribution in [3.05, 3.63) is 18.0 Å². The van der Waals surface area contributed by atoms with Gasteiger partial charge in [0.2, 0.25) is 5.88 Å². The van der Waals surface area contributed by atoms with E-state index in [9.17, 15) is 8.42 Å². The van der Waals surface area contributed by atoms with Gasteiger partial charge in [-0.15, -0.1) is 15.3 Å². The van der Waals surface area contributed by atoms with Crippen molar-refractivity contribution in [1.82, 2.24) is 28.4 Å². The van der Waals surface area contributed by atoms with Gasteiger partial charge < -0.3 is 4.74 Å². The molecule has 0 radical (unpaired) electrons. The van der Waals surface area contributed by atoms with Crippen molar-refractivity contribution in [3.8, 4) is 5.88 Å². The van der Waals surface area contributed by atoms with Crippen molar-refractivity contribution >= 4 is 15.9 Å². The minimum absolute atomic E-state index is 0.184. The van der Waals surface area contributed by atoms with E-state index < -0.39 is 10.2 Å². The maximum atomic E-state index is 12.7. The van der Waals surface area contributed by atoms with Crippen LogP contribution in [0.5, 0.6) is 5.88 Å². The molecule has 0 spiro atoms. The van der Waals surface area contributed by atoms with Gasteiger partial charge in [-0.1, -0.05) is 0 Å². The Balaban J connectivity index is 1.22. The van der Waals surface area contributed by atoms with Gasteiger partial charge in [-0.3, -0.25) is 0 Å². The van der Waals surface area contributed by atoms with Crippen LogP contribution in [0, 0.1) is 5.92 Å². The van der Waals surface area contributed by atoms with Gasteiger partial charge in [0.15, 0.2) is 11.5 Å². The van der Waals surface area contributed by atoms with Crippen LogP contribution in [-0.4, -0.2) is 69.6 Å². The second kappa shape index (κ2) is 6.68. The van der Waals surface area contributed by atoms with Crippen molar-refractivity contribution in [2.75, 3.05) is 32.8 Å². The SMILES string of the molecule is O=S(=O)(N1CCCC1)N1CCC(COc2ccc3nnc(C4CC4)n3n2)C1. The van der Waals surface area contributed by atoms with Gasteiger partial charge in [-0.2, -0.15) is 21.5 Å². The molecular formula is C17H24N6O3S. The van der Waals surface area contributed by atoms with Gasteiger partial charge in [0.25, 0.3) is 10.2 Å². The third kappa shape index (κ3) is 3.30. The van der Waals surface area contributed by atoms with Gasteiger partial charge in [0, 0.05) is 44.1 Å². The summed E-state index contributed by atoms with van der Waals surface area (Å²) in [4.78, 5) is 0. The summed E-state index contributed by atoms with van der Waals surface area (Å²) in [5, 5.41) is 12.9. The summed E-state index contributed by atoms with van der Waals surface area (Å²) in [7, 11) is -3.31. The average molecular weight is 392 g/mol. The molecule has 1 unspecified atom stereocenters. The molecule has 10 heteroatoms. The van der Waals surface area contributed by atoms with Crippen LogP contribution in [0.3, 0.4) is 0 Å². The maximum Gasteiger partial charge on any atom is 0.281 e. The highest BCUT2D eigenvalue weighted by Crippen LogP contribution is 2.38. The van der Waals surface area contributed by atoms with Crippen LogP contribution in [-0.2, 0) is 10.2 Å². The van der Waals surface area contributed by atoms with Crippen LogP contribution >= 0.6 is 0 Å². The molecule has 9 nitrogen and oxygen atoms in total. The van der Waals surface area contributed by atoms with Crippen LogP contribution in [0.15, 0.2) is 12.1 Å². The lowest BCUT2D eigenvalue weighted by molar-refractivity contribution is 0.242. The first-order valence-electron chi connectivity index (χ1n) is 9.71. The van der Waals surface area contributed by atoms with Gasteiger partial charge in [-0.05, 0) is 38.2 Å². The van der Waals surface area contributed by atoms with E-state index in [1.807, 2.05) is 6.07 Å². The van der Waals surface area contributed by atoms with Crippen molar-refractivity contribution in [1.29, 1.82) is 0 Å². The molecule has 0 amide bonds. The molecule has 4 heterocycles. The zero-order chi connectivity index (χ0) is 18.4. The lowest BCUT2D eigenvalue weighted by Gasteiger charge is -2.23. The van der Waals surface area contributed by atoms with Crippen molar-refractivity contribution in [2.45, 2.75) is 38.0 Å². The Labute approximate surface area is 158 Å². The molecule has 3 aliphatic rings. The van der Waals surface area contributed by atoms with Gasteiger partial charge in [-0.25, -0.2) is 0 Å². The van der Waals surface area contributed by atoms with Crippen molar-refractivity contribution < 1.29 is 13.2 Å². The predicted molar refractivity (Wildman–Crippen MR) is 97.7 cm³/mol. The van der Waals surface area contributed by atoms with Gasteiger partial charge in [0.1, 0.15) is 0 Å². The van der Waals surface area contributed by atoms with Crippen molar-refractivity contribution in [2.24, 2.45) is 5.92 Å². The highest BCUT2D eigenvalue weighted by Gasteiger charge is 2.37. The quantitative estimate of drug-likeness (QED) is 0.729. The zero-order valence-electron chi connectivity index (χ0n) is 15.2. The Bertz CT molecular complexity index is 935. The Hall–Kier alpha value is -1.78. The normalized spacial score (nSPS) is 24.8. The Morgan fingerprint density at radius 2 is 1.85 bits per heavy atom. The molecule has 2 aromatic heterocycles. The molecule has 0 aromatic carbocycles. The summed E-state index contributed by atoms with van der Waals surface area (Å²) in [5.74, 6) is 2.08. The molecule has 0 N–H and O–H groups in total. The molecule has 2 aliphatic heterocycles. The lowest BCUT2D eigenvalue weighted by Crippen LogP contribution is -2.41. The van der Waals surface area contributed by atoms with Crippen LogP contribution in [0.2, 0.25) is 0 Å². The highest BCUT2D eigenvalue weighted by atomic mass is 32.2. The Kier molecular flexibility index (Phi) is 4.29. The minimum Gasteiger partial charge on any atom is -0.476 e. The van der Waals surface area contributed by atoms with E-state index in [0.717, 1.165) is 43.6 Å². The fraction of sp³-hybridized carbons (Fsp3) is 0.706. The van der Waals surface area contributed by atoms with Crippen LogP contribution in [0.1, 0.15) is 43.8 Å². The monoisotopic (exact) mass is 392 g/mol. The fourth-order valence-corrected chi connectivity index (χ4v) is 5.67. The first kappa shape index (κ1) is 17.3. The van der Waals surface area contributed by atoms with E-state index in [0.29, 0.717) is 44.6 Å². The molecule has 27 heavy (non-hydrogen) atoms. The molecule has 2 aromatic rings. The molecule has 1 aliphatic carbocycles.